The van der Waals surface area contributed by atoms with E-state index in [0.29, 0.717) is 13.0 Å². The predicted octanol–water partition coefficient (Wildman–Crippen LogP) is 2.09. The van der Waals surface area contributed by atoms with Crippen LogP contribution >= 0.6 is 0 Å². The van der Waals surface area contributed by atoms with Gasteiger partial charge in [0.1, 0.15) is 5.75 Å². The highest BCUT2D eigenvalue weighted by molar-refractivity contribution is 5.73. The van der Waals surface area contributed by atoms with Crippen LogP contribution in [0.1, 0.15) is 50.0 Å². The van der Waals surface area contributed by atoms with E-state index in [2.05, 4.69) is 5.32 Å². The van der Waals surface area contributed by atoms with Crippen LogP contribution in [0.3, 0.4) is 0 Å². The predicted molar refractivity (Wildman–Crippen MR) is 68.4 cm³/mol. The van der Waals surface area contributed by atoms with Crippen molar-refractivity contribution in [2.45, 2.75) is 38.8 Å². The van der Waals surface area contributed by atoms with E-state index in [1.807, 2.05) is 25.1 Å². The van der Waals surface area contributed by atoms with E-state index < -0.39 is 6.10 Å². The van der Waals surface area contributed by atoms with Crippen LogP contribution in [-0.2, 0) is 4.79 Å². The van der Waals surface area contributed by atoms with E-state index in [-0.39, 0.29) is 11.9 Å². The number of aliphatic hydroxyl groups is 1. The zero-order chi connectivity index (χ0) is 13.1. The zero-order valence-electron chi connectivity index (χ0n) is 10.8. The standard InChI is InChI=1S/C14H19NO3/c1-3-13(17)10-4-5-14-11(8-10)12(6-7-18-14)15-9(2)16/h4-5,8,12-13,17H,3,6-7H2,1-2H3,(H,15,16). The second kappa shape index (κ2) is 5.40. The van der Waals surface area contributed by atoms with Crippen molar-refractivity contribution in [3.63, 3.8) is 0 Å². The van der Waals surface area contributed by atoms with Crippen molar-refractivity contribution in [1.29, 1.82) is 0 Å². The third kappa shape index (κ3) is 2.64. The van der Waals surface area contributed by atoms with E-state index in [4.69, 9.17) is 4.74 Å². The number of ether oxygens (including phenoxy) is 1. The molecule has 1 aromatic carbocycles. The number of carbonyl (C=O) groups is 1. The van der Waals surface area contributed by atoms with Gasteiger partial charge in [0.2, 0.25) is 5.91 Å². The monoisotopic (exact) mass is 249 g/mol. The molecule has 2 N–H and O–H groups in total. The Bertz CT molecular complexity index is 445. The Labute approximate surface area is 107 Å². The average Bonchev–Trinajstić information content (AvgIpc) is 2.37. The van der Waals surface area contributed by atoms with Gasteiger partial charge in [0, 0.05) is 18.9 Å². The molecular weight excluding hydrogens is 230 g/mol. The van der Waals surface area contributed by atoms with Crippen molar-refractivity contribution in [1.82, 2.24) is 5.32 Å². The fourth-order valence-electron chi connectivity index (χ4n) is 2.25. The number of fused-ring (bicyclic) bond motifs is 1. The zero-order valence-corrected chi connectivity index (χ0v) is 10.8. The third-order valence-electron chi connectivity index (χ3n) is 3.22. The third-order valence-corrected chi connectivity index (χ3v) is 3.22. The maximum absolute atomic E-state index is 11.2. The Morgan fingerprint density at radius 1 is 1.61 bits per heavy atom. The molecule has 4 heteroatoms. The number of aliphatic hydroxyl groups excluding tert-OH is 1. The molecule has 0 aliphatic carbocycles. The van der Waals surface area contributed by atoms with Crippen LogP contribution < -0.4 is 10.1 Å². The molecule has 1 aliphatic rings. The van der Waals surface area contributed by atoms with Gasteiger partial charge in [-0.05, 0) is 24.1 Å². The van der Waals surface area contributed by atoms with Crippen LogP contribution in [-0.4, -0.2) is 17.6 Å². The SMILES string of the molecule is CCC(O)c1ccc2c(c1)C(NC(C)=O)CCO2. The van der Waals surface area contributed by atoms with Gasteiger partial charge in [-0.25, -0.2) is 0 Å². The van der Waals surface area contributed by atoms with Gasteiger partial charge in [-0.2, -0.15) is 0 Å². The molecule has 0 spiro atoms. The quantitative estimate of drug-likeness (QED) is 0.862. The van der Waals surface area contributed by atoms with E-state index in [9.17, 15) is 9.90 Å². The highest BCUT2D eigenvalue weighted by Gasteiger charge is 2.23. The van der Waals surface area contributed by atoms with Crippen LogP contribution in [0.25, 0.3) is 0 Å². The van der Waals surface area contributed by atoms with Crippen LogP contribution in [0.15, 0.2) is 18.2 Å². The molecule has 0 radical (unpaired) electrons. The van der Waals surface area contributed by atoms with Crippen molar-refractivity contribution in [3.05, 3.63) is 29.3 Å². The summed E-state index contributed by atoms with van der Waals surface area (Å²) in [5.74, 6) is 0.751. The second-order valence-corrected chi connectivity index (χ2v) is 4.61. The molecule has 2 atom stereocenters. The van der Waals surface area contributed by atoms with Crippen molar-refractivity contribution in [2.24, 2.45) is 0 Å². The number of nitrogens with one attached hydrogen (secondary N) is 1. The van der Waals surface area contributed by atoms with Crippen molar-refractivity contribution in [3.8, 4) is 5.75 Å². The summed E-state index contributed by atoms with van der Waals surface area (Å²) in [6, 6.07) is 5.67. The first kappa shape index (κ1) is 12.9. The number of amides is 1. The van der Waals surface area contributed by atoms with Crippen LogP contribution in [0, 0.1) is 0 Å². The largest absolute Gasteiger partial charge is 0.493 e. The molecule has 1 heterocycles. The first-order chi connectivity index (χ1) is 8.61. The lowest BCUT2D eigenvalue weighted by Gasteiger charge is -2.27. The van der Waals surface area contributed by atoms with E-state index >= 15 is 0 Å². The minimum absolute atomic E-state index is 0.0183. The molecule has 18 heavy (non-hydrogen) atoms. The van der Waals surface area contributed by atoms with Gasteiger partial charge in [0.05, 0.1) is 18.8 Å². The number of hydrogen-bond donors (Lipinski definition) is 2. The lowest BCUT2D eigenvalue weighted by molar-refractivity contribution is -0.119. The normalized spacial score (nSPS) is 19.6. The average molecular weight is 249 g/mol. The van der Waals surface area contributed by atoms with E-state index in [1.165, 1.54) is 6.92 Å². The topological polar surface area (TPSA) is 58.6 Å². The van der Waals surface area contributed by atoms with Crippen LogP contribution in [0.2, 0.25) is 0 Å². The Kier molecular flexibility index (Phi) is 3.87. The molecule has 1 aliphatic heterocycles. The molecule has 1 amide bonds. The van der Waals surface area contributed by atoms with Gasteiger partial charge in [-0.1, -0.05) is 13.0 Å². The van der Waals surface area contributed by atoms with Gasteiger partial charge in [0.15, 0.2) is 0 Å². The summed E-state index contributed by atoms with van der Waals surface area (Å²) in [7, 11) is 0. The second-order valence-electron chi connectivity index (χ2n) is 4.61. The van der Waals surface area contributed by atoms with Crippen LogP contribution in [0.5, 0.6) is 5.75 Å². The Morgan fingerprint density at radius 3 is 3.06 bits per heavy atom. The number of hydrogen-bond acceptors (Lipinski definition) is 3. The molecule has 0 fully saturated rings. The Hall–Kier alpha value is -1.55. The molecule has 0 bridgehead atoms. The summed E-state index contributed by atoms with van der Waals surface area (Å²) in [5.41, 5.74) is 1.83. The Balaban J connectivity index is 2.31. The van der Waals surface area contributed by atoms with E-state index in [0.717, 1.165) is 23.3 Å². The highest BCUT2D eigenvalue weighted by atomic mass is 16.5. The molecule has 4 nitrogen and oxygen atoms in total. The molecule has 98 valence electrons. The maximum Gasteiger partial charge on any atom is 0.217 e. The molecule has 2 unspecified atom stereocenters. The number of benzene rings is 1. The van der Waals surface area contributed by atoms with Crippen molar-refractivity contribution < 1.29 is 14.6 Å². The summed E-state index contributed by atoms with van der Waals surface area (Å²) in [6.45, 7) is 4.05. The molecule has 0 aromatic heterocycles. The summed E-state index contributed by atoms with van der Waals surface area (Å²) < 4.78 is 5.57. The molecule has 0 saturated carbocycles. The maximum atomic E-state index is 11.2. The smallest absolute Gasteiger partial charge is 0.217 e. The number of rotatable bonds is 3. The lowest BCUT2D eigenvalue weighted by atomic mass is 9.96. The van der Waals surface area contributed by atoms with Gasteiger partial charge in [0.25, 0.3) is 0 Å². The van der Waals surface area contributed by atoms with E-state index in [1.54, 1.807) is 0 Å². The summed E-state index contributed by atoms with van der Waals surface area (Å²) in [4.78, 5) is 11.2. The summed E-state index contributed by atoms with van der Waals surface area (Å²) in [6.07, 6.45) is 0.970. The van der Waals surface area contributed by atoms with Crippen LogP contribution in [0.4, 0.5) is 0 Å². The fraction of sp³-hybridized carbons (Fsp3) is 0.500. The molecule has 2 rings (SSSR count). The van der Waals surface area contributed by atoms with Gasteiger partial charge >= 0.3 is 0 Å². The van der Waals surface area contributed by atoms with Crippen molar-refractivity contribution in [2.75, 3.05) is 6.61 Å². The van der Waals surface area contributed by atoms with Gasteiger partial charge < -0.3 is 15.2 Å². The Morgan fingerprint density at radius 2 is 2.39 bits per heavy atom. The fourth-order valence-corrected chi connectivity index (χ4v) is 2.25. The number of carbonyl (C=O) groups excluding carboxylic acids is 1. The molecule has 0 saturated heterocycles. The molecule has 1 aromatic rings. The summed E-state index contributed by atoms with van der Waals surface area (Å²) in [5, 5.41) is 12.8. The minimum atomic E-state index is -0.463. The summed E-state index contributed by atoms with van der Waals surface area (Å²) >= 11 is 0. The first-order valence-corrected chi connectivity index (χ1v) is 6.33. The minimum Gasteiger partial charge on any atom is -0.493 e. The lowest BCUT2D eigenvalue weighted by Crippen LogP contribution is -2.30. The van der Waals surface area contributed by atoms with Gasteiger partial charge in [-0.3, -0.25) is 4.79 Å². The highest BCUT2D eigenvalue weighted by Crippen LogP contribution is 2.34. The first-order valence-electron chi connectivity index (χ1n) is 6.33. The van der Waals surface area contributed by atoms with Gasteiger partial charge in [-0.15, -0.1) is 0 Å². The molecular formula is C14H19NO3. The van der Waals surface area contributed by atoms with Crippen molar-refractivity contribution >= 4 is 5.91 Å².